The van der Waals surface area contributed by atoms with Crippen LogP contribution in [0.25, 0.3) is 0 Å². The van der Waals surface area contributed by atoms with Crippen LogP contribution >= 0.6 is 0 Å². The molecule has 0 aliphatic carbocycles. The van der Waals surface area contributed by atoms with E-state index in [-0.39, 0.29) is 6.20 Å². The molecular weight excluding hydrogens is 310 g/mol. The van der Waals surface area contributed by atoms with Gasteiger partial charge in [-0.1, -0.05) is 0 Å². The van der Waals surface area contributed by atoms with Gasteiger partial charge >= 0.3 is 18.5 Å². The number of nitrogens with two attached hydrogens (primary N) is 1. The van der Waals surface area contributed by atoms with Gasteiger partial charge in [-0.2, -0.15) is 13.2 Å². The van der Waals surface area contributed by atoms with Gasteiger partial charge in [0.05, 0.1) is 12.0 Å². The number of aliphatic carboxylic acids is 1. The summed E-state index contributed by atoms with van der Waals surface area (Å²) in [4.78, 5) is 13.6. The van der Waals surface area contributed by atoms with Gasteiger partial charge < -0.3 is 15.6 Å². The first-order valence-corrected chi connectivity index (χ1v) is 5.21. The number of halogens is 6. The molecule has 0 bridgehead atoms. The summed E-state index contributed by atoms with van der Waals surface area (Å²) in [6, 6.07) is 0. The van der Waals surface area contributed by atoms with Crippen LogP contribution in [0.15, 0.2) is 6.20 Å². The average molecular weight is 318 g/mol. The third kappa shape index (κ3) is 4.48. The molecule has 0 saturated carbocycles. The topological polar surface area (TPSA) is 85.4 Å². The van der Waals surface area contributed by atoms with E-state index in [1.54, 1.807) is 0 Å². The fraction of sp³-hybridized carbons (Fsp3) is 0.400. The maximum absolute atomic E-state index is 12.7. The number of carboxylic acid groups (broad SMARTS) is 1. The molecule has 0 atom stereocenters. The summed E-state index contributed by atoms with van der Waals surface area (Å²) in [5.74, 6) is -2.87. The van der Waals surface area contributed by atoms with Crippen LogP contribution < -0.4 is 10.5 Å². The minimum absolute atomic E-state index is 0.0819. The molecule has 0 unspecified atom stereocenters. The molecule has 1 aromatic heterocycles. The van der Waals surface area contributed by atoms with Crippen molar-refractivity contribution in [2.45, 2.75) is 25.5 Å². The SMILES string of the molecule is NCc1c(OC(F)(F)F)ncc(C(F)(F)F)c1CC(=O)O. The zero-order valence-electron chi connectivity index (χ0n) is 10.0. The zero-order chi connectivity index (χ0) is 16.4. The molecule has 0 amide bonds. The second kappa shape index (κ2) is 5.76. The Morgan fingerprint density at radius 1 is 1.24 bits per heavy atom. The van der Waals surface area contributed by atoms with Crippen LogP contribution in [0, 0.1) is 0 Å². The number of hydrogen-bond acceptors (Lipinski definition) is 4. The van der Waals surface area contributed by atoms with Gasteiger partial charge in [-0.15, -0.1) is 13.2 Å². The first-order chi connectivity index (χ1) is 9.45. The van der Waals surface area contributed by atoms with Crippen molar-refractivity contribution in [3.63, 3.8) is 0 Å². The number of carboxylic acids is 1. The lowest BCUT2D eigenvalue weighted by molar-refractivity contribution is -0.276. The lowest BCUT2D eigenvalue weighted by Gasteiger charge is -2.18. The lowest BCUT2D eigenvalue weighted by Crippen LogP contribution is -2.23. The minimum Gasteiger partial charge on any atom is -0.481 e. The summed E-state index contributed by atoms with van der Waals surface area (Å²) in [7, 11) is 0. The fourth-order valence-corrected chi connectivity index (χ4v) is 1.58. The Balaban J connectivity index is 3.49. The van der Waals surface area contributed by atoms with Gasteiger partial charge in [0.2, 0.25) is 5.88 Å². The molecule has 0 fully saturated rings. The summed E-state index contributed by atoms with van der Waals surface area (Å²) in [6.07, 6.45) is -11.3. The van der Waals surface area contributed by atoms with Crippen molar-refractivity contribution in [2.75, 3.05) is 0 Å². The molecule has 0 saturated heterocycles. The molecule has 5 nitrogen and oxygen atoms in total. The Morgan fingerprint density at radius 2 is 1.81 bits per heavy atom. The molecule has 21 heavy (non-hydrogen) atoms. The maximum Gasteiger partial charge on any atom is 0.574 e. The lowest BCUT2D eigenvalue weighted by atomic mass is 10.00. The van der Waals surface area contributed by atoms with Crippen LogP contribution in [-0.4, -0.2) is 22.4 Å². The van der Waals surface area contributed by atoms with E-state index in [0.29, 0.717) is 0 Å². The first kappa shape index (κ1) is 17.0. The molecule has 0 radical (unpaired) electrons. The van der Waals surface area contributed by atoms with Gasteiger partial charge in [-0.3, -0.25) is 4.79 Å². The second-order valence-electron chi connectivity index (χ2n) is 3.75. The first-order valence-electron chi connectivity index (χ1n) is 5.21. The van der Waals surface area contributed by atoms with E-state index in [1.165, 1.54) is 0 Å². The number of carbonyl (C=O) groups is 1. The van der Waals surface area contributed by atoms with Gasteiger partial charge in [0.25, 0.3) is 0 Å². The van der Waals surface area contributed by atoms with E-state index in [1.807, 2.05) is 0 Å². The van der Waals surface area contributed by atoms with Crippen molar-refractivity contribution < 1.29 is 41.0 Å². The highest BCUT2D eigenvalue weighted by Crippen LogP contribution is 2.36. The number of aromatic nitrogens is 1. The van der Waals surface area contributed by atoms with E-state index < -0.39 is 54.0 Å². The van der Waals surface area contributed by atoms with Gasteiger partial charge in [0.15, 0.2) is 0 Å². The highest BCUT2D eigenvalue weighted by Gasteiger charge is 2.38. The number of ether oxygens (including phenoxy) is 1. The van der Waals surface area contributed by atoms with Crippen molar-refractivity contribution >= 4 is 5.97 Å². The van der Waals surface area contributed by atoms with Gasteiger partial charge in [-0.25, -0.2) is 4.98 Å². The molecule has 118 valence electrons. The van der Waals surface area contributed by atoms with E-state index in [0.717, 1.165) is 0 Å². The van der Waals surface area contributed by atoms with E-state index in [2.05, 4.69) is 9.72 Å². The molecule has 3 N–H and O–H groups in total. The summed E-state index contributed by atoms with van der Waals surface area (Å²) < 4.78 is 78.1. The molecule has 0 aliphatic heterocycles. The predicted octanol–water partition coefficient (Wildman–Crippen LogP) is 2.08. The molecule has 1 aromatic rings. The Labute approximate surface area is 113 Å². The normalized spacial score (nSPS) is 12.3. The van der Waals surface area contributed by atoms with Crippen LogP contribution in [0.5, 0.6) is 5.88 Å². The highest BCUT2D eigenvalue weighted by molar-refractivity contribution is 5.72. The predicted molar refractivity (Wildman–Crippen MR) is 55.2 cm³/mol. The van der Waals surface area contributed by atoms with Gasteiger partial charge in [0.1, 0.15) is 0 Å². The molecule has 1 heterocycles. The van der Waals surface area contributed by atoms with E-state index in [4.69, 9.17) is 10.8 Å². The molecule has 0 spiro atoms. The van der Waals surface area contributed by atoms with Crippen LogP contribution in [-0.2, 0) is 23.9 Å². The number of pyridine rings is 1. The Kier molecular flexibility index (Phi) is 4.66. The number of nitrogens with zero attached hydrogens (tertiary/aromatic N) is 1. The second-order valence-corrected chi connectivity index (χ2v) is 3.75. The Hall–Kier alpha value is -2.04. The molecule has 1 rings (SSSR count). The van der Waals surface area contributed by atoms with Crippen molar-refractivity contribution in [2.24, 2.45) is 5.73 Å². The minimum atomic E-state index is -5.20. The Bertz CT molecular complexity index is 541. The Morgan fingerprint density at radius 3 is 2.19 bits per heavy atom. The van der Waals surface area contributed by atoms with Crippen LogP contribution in [0.4, 0.5) is 26.3 Å². The summed E-state index contributed by atoms with van der Waals surface area (Å²) >= 11 is 0. The third-order valence-electron chi connectivity index (χ3n) is 2.31. The smallest absolute Gasteiger partial charge is 0.481 e. The van der Waals surface area contributed by atoms with Gasteiger partial charge in [-0.05, 0) is 5.56 Å². The number of hydrogen-bond donors (Lipinski definition) is 2. The quantitative estimate of drug-likeness (QED) is 0.830. The van der Waals surface area contributed by atoms with Crippen LogP contribution in [0.2, 0.25) is 0 Å². The molecule has 0 aliphatic rings. The summed E-state index contributed by atoms with van der Waals surface area (Å²) in [6.45, 7) is -0.801. The van der Waals surface area contributed by atoms with Crippen molar-refractivity contribution in [3.8, 4) is 5.88 Å². The van der Waals surface area contributed by atoms with Crippen molar-refractivity contribution in [3.05, 3.63) is 22.9 Å². The molecular formula is C10H8F6N2O3. The monoisotopic (exact) mass is 318 g/mol. The number of alkyl halides is 6. The highest BCUT2D eigenvalue weighted by atomic mass is 19.4. The van der Waals surface area contributed by atoms with Crippen LogP contribution in [0.1, 0.15) is 16.7 Å². The van der Waals surface area contributed by atoms with Crippen molar-refractivity contribution in [1.82, 2.24) is 4.98 Å². The maximum atomic E-state index is 12.7. The average Bonchev–Trinajstić information content (AvgIpc) is 2.24. The fourth-order valence-electron chi connectivity index (χ4n) is 1.58. The summed E-state index contributed by atoms with van der Waals surface area (Å²) in [5.41, 5.74) is 1.97. The summed E-state index contributed by atoms with van der Waals surface area (Å²) in [5, 5.41) is 8.61. The molecule has 11 heteroatoms. The van der Waals surface area contributed by atoms with E-state index in [9.17, 15) is 31.1 Å². The zero-order valence-corrected chi connectivity index (χ0v) is 10.0. The standard InChI is InChI=1S/C10H8F6N2O3/c11-9(12,13)6-3-18-8(21-10(14,15)16)5(2-17)4(6)1-7(19)20/h3H,1-2,17H2,(H,19,20). The van der Waals surface area contributed by atoms with E-state index >= 15 is 0 Å². The molecule has 0 aromatic carbocycles. The van der Waals surface area contributed by atoms with Gasteiger partial charge in [0, 0.05) is 18.3 Å². The number of rotatable bonds is 4. The largest absolute Gasteiger partial charge is 0.574 e. The third-order valence-corrected chi connectivity index (χ3v) is 2.31. The van der Waals surface area contributed by atoms with Crippen molar-refractivity contribution in [1.29, 1.82) is 0 Å². The van der Waals surface area contributed by atoms with Crippen LogP contribution in [0.3, 0.4) is 0 Å².